The fourth-order valence-electron chi connectivity index (χ4n) is 2.41. The van der Waals surface area contributed by atoms with E-state index in [9.17, 15) is 4.79 Å². The molecule has 2 aliphatic heterocycles. The highest BCUT2D eigenvalue weighted by Crippen LogP contribution is 2.20. The topological polar surface area (TPSA) is 55.8 Å². The third-order valence-electron chi connectivity index (χ3n) is 3.84. The van der Waals surface area contributed by atoms with Crippen LogP contribution in [0.5, 0.6) is 0 Å². The van der Waals surface area contributed by atoms with Crippen LogP contribution in [0.2, 0.25) is 0 Å². The van der Waals surface area contributed by atoms with Gasteiger partial charge in [-0.2, -0.15) is 0 Å². The Morgan fingerprint density at radius 2 is 1.74 bits per heavy atom. The van der Waals surface area contributed by atoms with Crippen LogP contribution in [0.4, 0.5) is 0 Å². The number of hydrogen-bond acceptors (Lipinski definition) is 4. The number of nitrogens with zero attached hydrogens (tertiary/aromatic N) is 2. The lowest BCUT2D eigenvalue weighted by atomic mass is 10.0. The van der Waals surface area contributed by atoms with Crippen molar-refractivity contribution in [3.05, 3.63) is 59.9 Å². The van der Waals surface area contributed by atoms with Gasteiger partial charge in [0.2, 0.25) is 0 Å². The number of unbranched alkanes of at least 4 members (excludes halogenated alkanes) is 2. The summed E-state index contributed by atoms with van der Waals surface area (Å²) in [6.45, 7) is 0.848. The fraction of sp³-hybridized carbons (Fsp3) is 0.389. The Balaban J connectivity index is 1.88. The van der Waals surface area contributed by atoms with Crippen LogP contribution in [-0.4, -0.2) is 41.5 Å². The van der Waals surface area contributed by atoms with Crippen molar-refractivity contribution in [1.82, 2.24) is 15.1 Å². The van der Waals surface area contributed by atoms with Crippen LogP contribution < -0.4 is 5.32 Å². The number of allylic oxidation sites excluding steroid dienone is 6. The zero-order valence-corrected chi connectivity index (χ0v) is 13.8. The molecule has 2 N–H and O–H groups in total. The molecule has 0 saturated carbocycles. The zero-order valence-electron chi connectivity index (χ0n) is 13.8. The summed E-state index contributed by atoms with van der Waals surface area (Å²) in [5, 5.41) is 12.1. The third kappa shape index (κ3) is 5.36. The van der Waals surface area contributed by atoms with Gasteiger partial charge in [-0.05, 0) is 48.3 Å². The molecule has 0 atom stereocenters. The van der Waals surface area contributed by atoms with Crippen LogP contribution >= 0.6 is 0 Å². The highest BCUT2D eigenvalue weighted by Gasteiger charge is 2.10. The number of carboxylic acids is 1. The van der Waals surface area contributed by atoms with Gasteiger partial charge >= 0.3 is 5.97 Å². The summed E-state index contributed by atoms with van der Waals surface area (Å²) in [6, 6.07) is 0. The molecule has 2 rings (SSSR count). The summed E-state index contributed by atoms with van der Waals surface area (Å²) in [5.41, 5.74) is 2.37. The van der Waals surface area contributed by atoms with E-state index in [0.29, 0.717) is 0 Å². The standard InChI is InChI=1S/C18H25N3O2/c1-20-11-7-15(8-12-20)16-9-13-21(2)17(14-16)19-10-5-3-4-6-18(22)23/h7-9,11-14,19H,3-6,10H2,1-2H3,(H,22,23). The SMILES string of the molecule is CN1C=CC(=C2C=CN(C)C(NCCCCCC(=O)O)=C2)C=C1. The Hall–Kier alpha value is -2.43. The molecule has 2 aliphatic rings. The minimum Gasteiger partial charge on any atom is -0.481 e. The molecule has 0 aromatic rings. The van der Waals surface area contributed by atoms with Crippen molar-refractivity contribution in [2.24, 2.45) is 0 Å². The molecule has 0 aromatic heterocycles. The van der Waals surface area contributed by atoms with Crippen LogP contribution in [-0.2, 0) is 4.79 Å². The van der Waals surface area contributed by atoms with E-state index in [1.807, 2.05) is 31.4 Å². The minimum absolute atomic E-state index is 0.259. The predicted octanol–water partition coefficient (Wildman–Crippen LogP) is 2.79. The van der Waals surface area contributed by atoms with Crippen molar-refractivity contribution in [3.63, 3.8) is 0 Å². The zero-order chi connectivity index (χ0) is 16.7. The van der Waals surface area contributed by atoms with E-state index >= 15 is 0 Å². The molecule has 5 nitrogen and oxygen atoms in total. The maximum Gasteiger partial charge on any atom is 0.303 e. The number of nitrogens with one attached hydrogen (secondary N) is 1. The van der Waals surface area contributed by atoms with Gasteiger partial charge in [0.1, 0.15) is 5.82 Å². The summed E-state index contributed by atoms with van der Waals surface area (Å²) in [6.07, 6.45) is 17.5. The largest absolute Gasteiger partial charge is 0.481 e. The average molecular weight is 315 g/mol. The Kier molecular flexibility index (Phi) is 6.09. The van der Waals surface area contributed by atoms with Crippen molar-refractivity contribution in [2.45, 2.75) is 25.7 Å². The number of carbonyl (C=O) groups is 1. The Bertz CT molecular complexity index is 569. The molecule has 0 fully saturated rings. The van der Waals surface area contributed by atoms with Gasteiger partial charge in [0.15, 0.2) is 0 Å². The highest BCUT2D eigenvalue weighted by molar-refractivity contribution is 5.66. The van der Waals surface area contributed by atoms with Gasteiger partial charge in [0.05, 0.1) is 0 Å². The molecule has 0 radical (unpaired) electrons. The van der Waals surface area contributed by atoms with Gasteiger partial charge in [0.25, 0.3) is 0 Å². The van der Waals surface area contributed by atoms with E-state index < -0.39 is 5.97 Å². The van der Waals surface area contributed by atoms with E-state index in [4.69, 9.17) is 5.11 Å². The molecule has 0 saturated heterocycles. The monoisotopic (exact) mass is 315 g/mol. The van der Waals surface area contributed by atoms with Crippen molar-refractivity contribution in [2.75, 3.05) is 20.6 Å². The van der Waals surface area contributed by atoms with E-state index in [-0.39, 0.29) is 6.42 Å². The Morgan fingerprint density at radius 1 is 1.04 bits per heavy atom. The molecule has 0 aromatic carbocycles. The minimum atomic E-state index is -0.715. The molecule has 124 valence electrons. The van der Waals surface area contributed by atoms with Gasteiger partial charge in [-0.3, -0.25) is 4.79 Å². The fourth-order valence-corrected chi connectivity index (χ4v) is 2.41. The molecular formula is C18H25N3O2. The first-order valence-corrected chi connectivity index (χ1v) is 7.97. The van der Waals surface area contributed by atoms with Crippen LogP contribution in [0.1, 0.15) is 25.7 Å². The van der Waals surface area contributed by atoms with Gasteiger partial charge in [-0.1, -0.05) is 6.42 Å². The van der Waals surface area contributed by atoms with Gasteiger partial charge in [-0.25, -0.2) is 0 Å². The van der Waals surface area contributed by atoms with Crippen molar-refractivity contribution < 1.29 is 9.90 Å². The molecule has 2 heterocycles. The van der Waals surface area contributed by atoms with E-state index in [0.717, 1.165) is 31.6 Å². The van der Waals surface area contributed by atoms with Crippen LogP contribution in [0.15, 0.2) is 59.9 Å². The lowest BCUT2D eigenvalue weighted by molar-refractivity contribution is -0.137. The third-order valence-corrected chi connectivity index (χ3v) is 3.84. The molecule has 0 spiro atoms. The van der Waals surface area contributed by atoms with Crippen LogP contribution in [0.25, 0.3) is 0 Å². The molecule has 0 amide bonds. The lowest BCUT2D eigenvalue weighted by Gasteiger charge is -2.24. The van der Waals surface area contributed by atoms with Gasteiger partial charge in [-0.15, -0.1) is 0 Å². The van der Waals surface area contributed by atoms with E-state index in [1.165, 1.54) is 11.1 Å². The first-order valence-electron chi connectivity index (χ1n) is 7.97. The highest BCUT2D eigenvalue weighted by atomic mass is 16.4. The molecule has 0 bridgehead atoms. The maximum atomic E-state index is 10.5. The van der Waals surface area contributed by atoms with Crippen molar-refractivity contribution in [3.8, 4) is 0 Å². The quantitative estimate of drug-likeness (QED) is 0.708. The summed E-state index contributed by atoms with van der Waals surface area (Å²) < 4.78 is 0. The smallest absolute Gasteiger partial charge is 0.303 e. The van der Waals surface area contributed by atoms with Crippen molar-refractivity contribution in [1.29, 1.82) is 0 Å². The van der Waals surface area contributed by atoms with Gasteiger partial charge < -0.3 is 20.2 Å². The summed E-state index contributed by atoms with van der Waals surface area (Å²) >= 11 is 0. The predicted molar refractivity (Wildman–Crippen MR) is 92.2 cm³/mol. The maximum absolute atomic E-state index is 10.5. The molecule has 0 aliphatic carbocycles. The second-order valence-electron chi connectivity index (χ2n) is 5.80. The number of hydrogen-bond donors (Lipinski definition) is 2. The summed E-state index contributed by atoms with van der Waals surface area (Å²) in [7, 11) is 4.02. The Morgan fingerprint density at radius 3 is 2.43 bits per heavy atom. The van der Waals surface area contributed by atoms with E-state index in [1.54, 1.807) is 0 Å². The van der Waals surface area contributed by atoms with Gasteiger partial charge in [0, 0.05) is 45.7 Å². The second kappa shape index (κ2) is 8.27. The van der Waals surface area contributed by atoms with Crippen molar-refractivity contribution >= 4 is 5.97 Å². The molecule has 0 unspecified atom stereocenters. The first-order chi connectivity index (χ1) is 11.1. The average Bonchev–Trinajstić information content (AvgIpc) is 2.53. The number of aliphatic carboxylic acids is 1. The number of carboxylic acid groups (broad SMARTS) is 1. The number of rotatable bonds is 7. The molecule has 23 heavy (non-hydrogen) atoms. The lowest BCUT2D eigenvalue weighted by Crippen LogP contribution is -2.27. The molecule has 5 heteroatoms. The second-order valence-corrected chi connectivity index (χ2v) is 5.80. The van der Waals surface area contributed by atoms with Crippen LogP contribution in [0, 0.1) is 0 Å². The van der Waals surface area contributed by atoms with Crippen LogP contribution in [0.3, 0.4) is 0 Å². The summed E-state index contributed by atoms with van der Waals surface area (Å²) in [4.78, 5) is 14.5. The Labute approximate surface area is 138 Å². The van der Waals surface area contributed by atoms with E-state index in [2.05, 4.69) is 40.7 Å². The first kappa shape index (κ1) is 16.9. The normalized spacial score (nSPS) is 16.9. The molecular weight excluding hydrogens is 290 g/mol. The summed E-state index contributed by atoms with van der Waals surface area (Å²) in [5.74, 6) is 0.349.